The molecular formula is C25H27NO4. The number of methoxy groups -OCH3 is 3. The number of anilines is 1. The average Bonchev–Trinajstić information content (AvgIpc) is 3.25. The van der Waals surface area contributed by atoms with Gasteiger partial charge in [0.05, 0.1) is 27.1 Å². The van der Waals surface area contributed by atoms with Crippen LogP contribution in [0, 0.1) is 0 Å². The molecule has 3 aromatic carbocycles. The maximum atomic E-state index is 5.89. The van der Waals surface area contributed by atoms with Gasteiger partial charge in [-0.1, -0.05) is 12.1 Å². The Morgan fingerprint density at radius 3 is 2.27 bits per heavy atom. The van der Waals surface area contributed by atoms with Crippen LogP contribution in [0.4, 0.5) is 5.69 Å². The summed E-state index contributed by atoms with van der Waals surface area (Å²) in [5, 5.41) is 3.20. The van der Waals surface area contributed by atoms with Gasteiger partial charge in [-0.3, -0.25) is 0 Å². The maximum absolute atomic E-state index is 5.89. The molecule has 0 unspecified atom stereocenters. The first-order valence-electron chi connectivity index (χ1n) is 10.1. The Hall–Kier alpha value is -3.18. The third-order valence-electron chi connectivity index (χ3n) is 5.53. The average molecular weight is 405 g/mol. The highest BCUT2D eigenvalue weighted by atomic mass is 16.5. The third-order valence-corrected chi connectivity index (χ3v) is 5.53. The lowest BCUT2D eigenvalue weighted by Crippen LogP contribution is -2.26. The van der Waals surface area contributed by atoms with Gasteiger partial charge in [-0.25, -0.2) is 0 Å². The van der Waals surface area contributed by atoms with Gasteiger partial charge >= 0.3 is 0 Å². The number of hydrogen-bond donors (Lipinski definition) is 0. The first kappa shape index (κ1) is 20.1. The van der Waals surface area contributed by atoms with Gasteiger partial charge in [0.15, 0.2) is 11.5 Å². The van der Waals surface area contributed by atoms with Gasteiger partial charge in [-0.05, 0) is 59.7 Å². The molecule has 156 valence electrons. The topological polar surface area (TPSA) is 44.1 Å². The van der Waals surface area contributed by atoms with Crippen LogP contribution in [0.25, 0.3) is 32.9 Å². The molecule has 0 radical (unpaired) electrons. The molecule has 0 bridgehead atoms. The van der Waals surface area contributed by atoms with E-state index in [9.17, 15) is 0 Å². The number of ether oxygens (including phenoxy) is 3. The largest absolute Gasteiger partial charge is 0.493 e. The number of furan rings is 1. The first-order valence-corrected chi connectivity index (χ1v) is 10.1. The van der Waals surface area contributed by atoms with E-state index in [1.54, 1.807) is 27.6 Å². The second-order valence-electron chi connectivity index (χ2n) is 7.14. The van der Waals surface area contributed by atoms with Crippen LogP contribution in [0.2, 0.25) is 0 Å². The zero-order valence-corrected chi connectivity index (χ0v) is 17.9. The molecule has 0 N–H and O–H groups in total. The lowest BCUT2D eigenvalue weighted by molar-refractivity contribution is 0.205. The van der Waals surface area contributed by atoms with E-state index in [1.807, 2.05) is 18.2 Å². The van der Waals surface area contributed by atoms with E-state index in [1.165, 1.54) is 5.69 Å². The molecule has 0 spiro atoms. The van der Waals surface area contributed by atoms with E-state index < -0.39 is 0 Å². The fraction of sp³-hybridized carbons (Fsp3) is 0.280. The zero-order valence-electron chi connectivity index (χ0n) is 17.9. The fourth-order valence-corrected chi connectivity index (χ4v) is 3.95. The monoisotopic (exact) mass is 405 g/mol. The fourth-order valence-electron chi connectivity index (χ4n) is 3.95. The molecule has 5 nitrogen and oxygen atoms in total. The van der Waals surface area contributed by atoms with Crippen LogP contribution >= 0.6 is 0 Å². The summed E-state index contributed by atoms with van der Waals surface area (Å²) in [5.74, 6) is 1.41. The summed E-state index contributed by atoms with van der Waals surface area (Å²) in [6.45, 7) is 4.64. The van der Waals surface area contributed by atoms with E-state index in [4.69, 9.17) is 18.6 Å². The van der Waals surface area contributed by atoms with E-state index in [0.29, 0.717) is 18.1 Å². The van der Waals surface area contributed by atoms with Crippen molar-refractivity contribution < 1.29 is 18.6 Å². The third kappa shape index (κ3) is 3.57. The molecule has 0 aliphatic rings. The van der Waals surface area contributed by atoms with Crippen molar-refractivity contribution in [2.24, 2.45) is 0 Å². The second kappa shape index (κ2) is 8.67. The molecule has 4 rings (SSSR count). The minimum Gasteiger partial charge on any atom is -0.493 e. The van der Waals surface area contributed by atoms with Crippen molar-refractivity contribution in [3.05, 3.63) is 54.8 Å². The van der Waals surface area contributed by atoms with Crippen LogP contribution in [0.1, 0.15) is 6.92 Å². The minimum absolute atomic E-state index is 0.700. The quantitative estimate of drug-likeness (QED) is 0.374. The van der Waals surface area contributed by atoms with Crippen molar-refractivity contribution in [2.75, 3.05) is 45.9 Å². The molecule has 0 aliphatic heterocycles. The second-order valence-corrected chi connectivity index (χ2v) is 7.14. The van der Waals surface area contributed by atoms with Gasteiger partial charge < -0.3 is 23.5 Å². The van der Waals surface area contributed by atoms with Crippen LogP contribution in [-0.4, -0.2) is 41.0 Å². The van der Waals surface area contributed by atoms with E-state index in [0.717, 1.165) is 46.0 Å². The standard InChI is InChI=1S/C25H27NO4/c1-5-26(11-13-27-2)20-8-6-17(7-9-20)24-21-16-23(29-4)22(28-3)15-19(21)14-18-10-12-30-25(18)24/h6-10,12,14-16H,5,11,13H2,1-4H3. The molecule has 30 heavy (non-hydrogen) atoms. The minimum atomic E-state index is 0.700. The van der Waals surface area contributed by atoms with Crippen LogP contribution in [0.5, 0.6) is 11.5 Å². The van der Waals surface area contributed by atoms with Crippen molar-refractivity contribution in [1.29, 1.82) is 0 Å². The molecule has 0 fully saturated rings. The number of rotatable bonds is 8. The Balaban J connectivity index is 1.87. The molecule has 5 heteroatoms. The Kier molecular flexibility index (Phi) is 5.81. The molecular weight excluding hydrogens is 378 g/mol. The number of hydrogen-bond acceptors (Lipinski definition) is 5. The molecule has 0 saturated carbocycles. The molecule has 1 aromatic heterocycles. The van der Waals surface area contributed by atoms with Crippen LogP contribution < -0.4 is 14.4 Å². The summed E-state index contributed by atoms with van der Waals surface area (Å²) in [5.41, 5.74) is 4.20. The predicted molar refractivity (Wildman–Crippen MR) is 122 cm³/mol. The van der Waals surface area contributed by atoms with Crippen molar-refractivity contribution in [3.63, 3.8) is 0 Å². The maximum Gasteiger partial charge on any atom is 0.161 e. The van der Waals surface area contributed by atoms with Crippen molar-refractivity contribution >= 4 is 27.4 Å². The Labute approximate surface area is 176 Å². The molecule has 0 amide bonds. The van der Waals surface area contributed by atoms with Gasteiger partial charge in [-0.2, -0.15) is 0 Å². The predicted octanol–water partition coefficient (Wildman–Crippen LogP) is 5.74. The zero-order chi connectivity index (χ0) is 21.1. The van der Waals surface area contributed by atoms with Gasteiger partial charge in [0.25, 0.3) is 0 Å². The van der Waals surface area contributed by atoms with Gasteiger partial charge in [0, 0.05) is 36.8 Å². The van der Waals surface area contributed by atoms with Crippen LogP contribution in [0.3, 0.4) is 0 Å². The smallest absolute Gasteiger partial charge is 0.161 e. The summed E-state index contributed by atoms with van der Waals surface area (Å²) < 4.78 is 22.2. The molecule has 0 aliphatic carbocycles. The Bertz CT molecular complexity index is 1150. The summed E-state index contributed by atoms with van der Waals surface area (Å²) in [4.78, 5) is 2.30. The van der Waals surface area contributed by atoms with Crippen LogP contribution in [-0.2, 0) is 4.74 Å². The number of benzene rings is 3. The first-order chi connectivity index (χ1) is 14.7. The van der Waals surface area contributed by atoms with Crippen molar-refractivity contribution in [3.8, 4) is 22.6 Å². The lowest BCUT2D eigenvalue weighted by Gasteiger charge is -2.23. The Morgan fingerprint density at radius 2 is 1.60 bits per heavy atom. The number of nitrogens with zero attached hydrogens (tertiary/aromatic N) is 1. The van der Waals surface area contributed by atoms with E-state index in [-0.39, 0.29) is 0 Å². The van der Waals surface area contributed by atoms with Gasteiger partial charge in [-0.15, -0.1) is 0 Å². The van der Waals surface area contributed by atoms with Gasteiger partial charge in [0.2, 0.25) is 0 Å². The molecule has 0 saturated heterocycles. The highest BCUT2D eigenvalue weighted by Crippen LogP contribution is 2.42. The van der Waals surface area contributed by atoms with E-state index >= 15 is 0 Å². The highest BCUT2D eigenvalue weighted by Gasteiger charge is 2.16. The molecule has 0 atom stereocenters. The number of fused-ring (bicyclic) bond motifs is 2. The van der Waals surface area contributed by atoms with Gasteiger partial charge in [0.1, 0.15) is 5.58 Å². The van der Waals surface area contributed by atoms with Crippen molar-refractivity contribution in [2.45, 2.75) is 6.92 Å². The summed E-state index contributed by atoms with van der Waals surface area (Å²) in [7, 11) is 5.04. The summed E-state index contributed by atoms with van der Waals surface area (Å²) in [6.07, 6.45) is 1.74. The normalized spacial score (nSPS) is 11.2. The highest BCUT2D eigenvalue weighted by molar-refractivity contribution is 6.11. The molecule has 1 heterocycles. The van der Waals surface area contributed by atoms with Crippen LogP contribution in [0.15, 0.2) is 59.2 Å². The SMILES string of the molecule is CCN(CCOC)c1ccc(-c2c3cc(OC)c(OC)cc3cc3ccoc23)cc1. The summed E-state index contributed by atoms with van der Waals surface area (Å²) in [6, 6.07) is 16.8. The lowest BCUT2D eigenvalue weighted by atomic mass is 9.95. The molecule has 4 aromatic rings. The number of likely N-dealkylation sites (N-methyl/N-ethyl adjacent to an activating group) is 1. The van der Waals surface area contributed by atoms with Crippen molar-refractivity contribution in [1.82, 2.24) is 0 Å². The Morgan fingerprint density at radius 1 is 0.867 bits per heavy atom. The van der Waals surface area contributed by atoms with E-state index in [2.05, 4.69) is 42.2 Å². The summed E-state index contributed by atoms with van der Waals surface area (Å²) >= 11 is 0.